The van der Waals surface area contributed by atoms with Crippen molar-refractivity contribution in [1.29, 1.82) is 0 Å². The molecule has 0 aromatic carbocycles. The molecular weight excluding hydrogens is 246 g/mol. The van der Waals surface area contributed by atoms with Crippen LogP contribution in [-0.4, -0.2) is 36.6 Å². The Bertz CT molecular complexity index is 247. The Labute approximate surface area is 104 Å². The second kappa shape index (κ2) is 10.8. The summed E-state index contributed by atoms with van der Waals surface area (Å²) in [6.07, 6.45) is 2.48. The lowest BCUT2D eigenvalue weighted by Crippen LogP contribution is -2.18. The first-order valence-electron chi connectivity index (χ1n) is 4.92. The van der Waals surface area contributed by atoms with E-state index in [-0.39, 0.29) is 11.8 Å². The minimum Gasteiger partial charge on any atom is -0.359 e. The predicted octanol–water partition coefficient (Wildman–Crippen LogP) is 1.02. The molecule has 0 fully saturated rings. The third-order valence-electron chi connectivity index (χ3n) is 1.51. The number of amides is 2. The van der Waals surface area contributed by atoms with Gasteiger partial charge < -0.3 is 5.32 Å². The van der Waals surface area contributed by atoms with E-state index in [0.717, 1.165) is 11.5 Å². The van der Waals surface area contributed by atoms with Crippen LogP contribution < -0.4 is 10.7 Å². The van der Waals surface area contributed by atoms with Crippen LogP contribution in [0.5, 0.6) is 0 Å². The van der Waals surface area contributed by atoms with E-state index in [1.54, 1.807) is 35.6 Å². The fourth-order valence-electron chi connectivity index (χ4n) is 0.704. The van der Waals surface area contributed by atoms with Gasteiger partial charge in [0.2, 0.25) is 11.8 Å². The Morgan fingerprint density at radius 2 is 1.75 bits per heavy atom. The molecule has 0 unspecified atom stereocenters. The van der Waals surface area contributed by atoms with Crippen molar-refractivity contribution in [1.82, 2.24) is 10.7 Å². The molecule has 0 atom stereocenters. The largest absolute Gasteiger partial charge is 0.359 e. The lowest BCUT2D eigenvalue weighted by atomic mass is 10.5. The topological polar surface area (TPSA) is 70.6 Å². The molecule has 0 radical (unpaired) electrons. The van der Waals surface area contributed by atoms with Crippen molar-refractivity contribution in [3.05, 3.63) is 0 Å². The Kier molecular flexibility index (Phi) is 10.3. The number of hydrogen-bond donors (Lipinski definition) is 2. The number of nitrogens with one attached hydrogen (secondary N) is 2. The monoisotopic (exact) mass is 263 g/mol. The summed E-state index contributed by atoms with van der Waals surface area (Å²) in [4.78, 5) is 21.9. The summed E-state index contributed by atoms with van der Waals surface area (Å²) in [5.41, 5.74) is 2.39. The van der Waals surface area contributed by atoms with Gasteiger partial charge in [-0.15, -0.1) is 0 Å². The zero-order valence-corrected chi connectivity index (χ0v) is 11.1. The molecule has 92 valence electrons. The zero-order chi connectivity index (χ0) is 12.2. The summed E-state index contributed by atoms with van der Waals surface area (Å²) in [6, 6.07) is 0. The van der Waals surface area contributed by atoms with Crippen LogP contribution in [0.4, 0.5) is 0 Å². The molecule has 0 aromatic heterocycles. The highest BCUT2D eigenvalue weighted by Gasteiger charge is 2.01. The molecule has 0 saturated carbocycles. The Hall–Kier alpha value is -0.690. The van der Waals surface area contributed by atoms with Crippen LogP contribution in [0.15, 0.2) is 5.10 Å². The number of rotatable bonds is 8. The van der Waals surface area contributed by atoms with Crippen LogP contribution in [0.3, 0.4) is 0 Å². The van der Waals surface area contributed by atoms with Crippen molar-refractivity contribution in [2.75, 3.05) is 18.6 Å². The van der Waals surface area contributed by atoms with Crippen LogP contribution in [0.25, 0.3) is 0 Å². The molecule has 0 aliphatic carbocycles. The summed E-state index contributed by atoms with van der Waals surface area (Å²) in [5.74, 6) is 1.45. The van der Waals surface area contributed by atoms with Crippen LogP contribution in [-0.2, 0) is 9.59 Å². The van der Waals surface area contributed by atoms with Gasteiger partial charge in [-0.25, -0.2) is 5.43 Å². The summed E-state index contributed by atoms with van der Waals surface area (Å²) in [6.45, 7) is 1.74. The highest BCUT2D eigenvalue weighted by atomic mass is 33.1. The fourth-order valence-corrected chi connectivity index (χ4v) is 2.68. The molecule has 2 amide bonds. The summed E-state index contributed by atoms with van der Waals surface area (Å²) >= 11 is 0. The lowest BCUT2D eigenvalue weighted by Gasteiger charge is -2.00. The van der Waals surface area contributed by atoms with Crippen molar-refractivity contribution < 1.29 is 9.59 Å². The summed E-state index contributed by atoms with van der Waals surface area (Å²) in [5, 5.41) is 6.18. The molecule has 0 bridgehead atoms. The molecule has 0 aliphatic heterocycles. The van der Waals surface area contributed by atoms with E-state index in [0.29, 0.717) is 12.8 Å². The molecule has 16 heavy (non-hydrogen) atoms. The maximum atomic E-state index is 11.1. The Balaban J connectivity index is 3.26. The zero-order valence-electron chi connectivity index (χ0n) is 9.49. The molecule has 0 rings (SSSR count). The number of carbonyl (C=O) groups excluding carboxylic acids is 2. The molecule has 0 saturated heterocycles. The predicted molar refractivity (Wildman–Crippen MR) is 70.5 cm³/mol. The van der Waals surface area contributed by atoms with Gasteiger partial charge in [0.25, 0.3) is 0 Å². The minimum absolute atomic E-state index is 0.0446. The van der Waals surface area contributed by atoms with Crippen molar-refractivity contribution in [3.8, 4) is 0 Å². The van der Waals surface area contributed by atoms with E-state index in [1.807, 2.05) is 0 Å². The van der Waals surface area contributed by atoms with Crippen molar-refractivity contribution >= 4 is 39.6 Å². The van der Waals surface area contributed by atoms with Gasteiger partial charge in [-0.2, -0.15) is 5.10 Å². The third-order valence-corrected chi connectivity index (χ3v) is 3.91. The normalized spacial score (nSPS) is 10.4. The molecule has 5 nitrogen and oxygen atoms in total. The SMILES string of the molecule is C/C=N/NC(=O)CCSSCCC(=O)NC. The molecule has 0 aliphatic rings. The van der Waals surface area contributed by atoms with E-state index < -0.39 is 0 Å². The lowest BCUT2D eigenvalue weighted by molar-refractivity contribution is -0.121. The average molecular weight is 263 g/mol. The summed E-state index contributed by atoms with van der Waals surface area (Å²) < 4.78 is 0. The first-order chi connectivity index (χ1) is 7.70. The standard InChI is InChI=1S/C9H17N3O2S2/c1-3-11-12-9(14)5-7-16-15-6-4-8(13)10-2/h3H,4-7H2,1-2H3,(H,10,13)(H,12,14)/b11-3+. The van der Waals surface area contributed by atoms with E-state index in [2.05, 4.69) is 15.8 Å². The number of hydrogen-bond acceptors (Lipinski definition) is 5. The molecule has 0 spiro atoms. The van der Waals surface area contributed by atoms with Crippen LogP contribution in [0, 0.1) is 0 Å². The van der Waals surface area contributed by atoms with Gasteiger partial charge in [0, 0.05) is 37.6 Å². The highest BCUT2D eigenvalue weighted by molar-refractivity contribution is 8.76. The summed E-state index contributed by atoms with van der Waals surface area (Å²) in [7, 11) is 4.82. The number of nitrogens with zero attached hydrogens (tertiary/aromatic N) is 1. The number of hydrazone groups is 1. The van der Waals surface area contributed by atoms with Gasteiger partial charge in [0.15, 0.2) is 0 Å². The fraction of sp³-hybridized carbons (Fsp3) is 0.667. The van der Waals surface area contributed by atoms with Crippen LogP contribution >= 0.6 is 21.6 Å². The van der Waals surface area contributed by atoms with Gasteiger partial charge in [0.1, 0.15) is 0 Å². The molecule has 7 heteroatoms. The van der Waals surface area contributed by atoms with Crippen LogP contribution in [0.2, 0.25) is 0 Å². The van der Waals surface area contributed by atoms with Crippen molar-refractivity contribution in [3.63, 3.8) is 0 Å². The van der Waals surface area contributed by atoms with E-state index in [1.165, 1.54) is 6.21 Å². The van der Waals surface area contributed by atoms with Crippen molar-refractivity contribution in [2.45, 2.75) is 19.8 Å². The smallest absolute Gasteiger partial charge is 0.240 e. The van der Waals surface area contributed by atoms with Gasteiger partial charge >= 0.3 is 0 Å². The van der Waals surface area contributed by atoms with Gasteiger partial charge in [-0.05, 0) is 6.92 Å². The molecular formula is C9H17N3O2S2. The quantitative estimate of drug-likeness (QED) is 0.297. The maximum absolute atomic E-state index is 11.1. The van der Waals surface area contributed by atoms with Gasteiger partial charge in [-0.1, -0.05) is 21.6 Å². The van der Waals surface area contributed by atoms with Crippen LogP contribution in [0.1, 0.15) is 19.8 Å². The van der Waals surface area contributed by atoms with E-state index >= 15 is 0 Å². The first kappa shape index (κ1) is 15.3. The van der Waals surface area contributed by atoms with E-state index in [9.17, 15) is 9.59 Å². The molecule has 0 heterocycles. The van der Waals surface area contributed by atoms with Crippen molar-refractivity contribution in [2.24, 2.45) is 5.10 Å². The molecule has 0 aromatic rings. The Morgan fingerprint density at radius 3 is 2.25 bits per heavy atom. The van der Waals surface area contributed by atoms with Gasteiger partial charge in [0.05, 0.1) is 0 Å². The molecule has 2 N–H and O–H groups in total. The maximum Gasteiger partial charge on any atom is 0.240 e. The highest BCUT2D eigenvalue weighted by Crippen LogP contribution is 2.22. The van der Waals surface area contributed by atoms with E-state index in [4.69, 9.17) is 0 Å². The average Bonchev–Trinajstić information content (AvgIpc) is 2.30. The second-order valence-corrected chi connectivity index (χ2v) is 5.44. The minimum atomic E-state index is -0.0856. The third kappa shape index (κ3) is 9.85. The Morgan fingerprint density at radius 1 is 1.19 bits per heavy atom. The first-order valence-corrected chi connectivity index (χ1v) is 7.41. The second-order valence-electron chi connectivity index (χ2n) is 2.74. The van der Waals surface area contributed by atoms with Gasteiger partial charge in [-0.3, -0.25) is 9.59 Å². The number of carbonyl (C=O) groups is 2.